The lowest BCUT2D eigenvalue weighted by Crippen LogP contribution is -2.41. The van der Waals surface area contributed by atoms with Crippen molar-refractivity contribution in [2.24, 2.45) is 11.7 Å². The van der Waals surface area contributed by atoms with Crippen molar-refractivity contribution in [2.75, 3.05) is 19.9 Å². The highest BCUT2D eigenvalue weighted by Crippen LogP contribution is 2.41. The lowest BCUT2D eigenvalue weighted by Gasteiger charge is -2.37. The number of carbonyl (C=O) groups excluding carboxylic acids is 1. The van der Waals surface area contributed by atoms with E-state index in [4.69, 9.17) is 15.2 Å². The zero-order valence-corrected chi connectivity index (χ0v) is 16.5. The first-order valence-corrected chi connectivity index (χ1v) is 10.1. The number of amides is 1. The molecule has 29 heavy (non-hydrogen) atoms. The van der Waals surface area contributed by atoms with Crippen molar-refractivity contribution in [1.29, 1.82) is 0 Å². The number of ether oxygens (including phenoxy) is 2. The highest BCUT2D eigenvalue weighted by atomic mass is 16.7. The Morgan fingerprint density at radius 3 is 2.69 bits per heavy atom. The zero-order chi connectivity index (χ0) is 20.0. The summed E-state index contributed by atoms with van der Waals surface area (Å²) in [5.41, 5.74) is 10.3. The number of piperidine rings is 1. The molecule has 2 aromatic carbocycles. The molecule has 3 N–H and O–H groups in total. The van der Waals surface area contributed by atoms with E-state index in [1.807, 2.05) is 6.07 Å². The maximum absolute atomic E-state index is 11.7. The molecule has 1 fully saturated rings. The third kappa shape index (κ3) is 3.13. The Labute approximate surface area is 169 Å². The Balaban J connectivity index is 1.60. The summed E-state index contributed by atoms with van der Waals surface area (Å²) < 4.78 is 11.2. The van der Waals surface area contributed by atoms with Crippen molar-refractivity contribution in [2.45, 2.75) is 25.8 Å². The number of fused-ring (bicyclic) bond motifs is 2. The number of hydrogen-bond donors (Lipinski definition) is 2. The fourth-order valence-corrected chi connectivity index (χ4v) is 4.74. The number of aryl methyl sites for hydroxylation is 1. The normalized spacial score (nSPS) is 18.2. The highest BCUT2D eigenvalue weighted by Gasteiger charge is 2.32. The Morgan fingerprint density at radius 2 is 1.90 bits per heavy atom. The molecule has 3 aromatic rings. The number of H-pyrrole nitrogens is 1. The van der Waals surface area contributed by atoms with Gasteiger partial charge in [-0.1, -0.05) is 24.3 Å². The Bertz CT molecular complexity index is 1070. The van der Waals surface area contributed by atoms with E-state index in [-0.39, 0.29) is 24.7 Å². The van der Waals surface area contributed by atoms with Gasteiger partial charge in [-0.2, -0.15) is 0 Å². The Hall–Kier alpha value is -2.99. The topological polar surface area (TPSA) is 80.6 Å². The van der Waals surface area contributed by atoms with Gasteiger partial charge >= 0.3 is 0 Å². The van der Waals surface area contributed by atoms with Crippen molar-refractivity contribution in [1.82, 2.24) is 9.88 Å². The van der Waals surface area contributed by atoms with E-state index < -0.39 is 0 Å². The second-order valence-corrected chi connectivity index (χ2v) is 7.94. The number of benzene rings is 2. The molecule has 1 amide bonds. The van der Waals surface area contributed by atoms with Gasteiger partial charge in [0.05, 0.1) is 6.04 Å². The molecule has 0 spiro atoms. The third-order valence-electron chi connectivity index (χ3n) is 6.23. The van der Waals surface area contributed by atoms with E-state index >= 15 is 0 Å². The van der Waals surface area contributed by atoms with E-state index in [1.165, 1.54) is 16.5 Å². The summed E-state index contributed by atoms with van der Waals surface area (Å²) in [4.78, 5) is 17.7. The van der Waals surface area contributed by atoms with Crippen LogP contribution in [0.3, 0.4) is 0 Å². The Kier molecular flexibility index (Phi) is 4.43. The van der Waals surface area contributed by atoms with Crippen LogP contribution >= 0.6 is 0 Å². The summed E-state index contributed by atoms with van der Waals surface area (Å²) in [5.74, 6) is 1.35. The second kappa shape index (κ2) is 7.12. The van der Waals surface area contributed by atoms with Gasteiger partial charge in [0, 0.05) is 28.1 Å². The highest BCUT2D eigenvalue weighted by molar-refractivity contribution is 5.85. The standard InChI is InChI=1S/C23H25N3O3/c1-14-21(17-4-2-3-5-18(17)25-14)22(26-10-8-15(9-11-26)23(24)27)16-6-7-19-20(12-16)29-13-28-19/h2-7,12,15,22,25H,8-11,13H2,1H3,(H2,24,27). The van der Waals surface area contributed by atoms with Gasteiger partial charge in [0.1, 0.15) is 0 Å². The fourth-order valence-electron chi connectivity index (χ4n) is 4.74. The predicted molar refractivity (Wildman–Crippen MR) is 111 cm³/mol. The molecule has 6 heteroatoms. The number of para-hydroxylation sites is 1. The molecule has 2 aliphatic rings. The van der Waals surface area contributed by atoms with Crippen LogP contribution in [0, 0.1) is 12.8 Å². The van der Waals surface area contributed by atoms with E-state index in [9.17, 15) is 4.79 Å². The lowest BCUT2D eigenvalue weighted by atomic mass is 9.89. The van der Waals surface area contributed by atoms with Gasteiger partial charge in [0.2, 0.25) is 12.7 Å². The SMILES string of the molecule is Cc1[nH]c2ccccc2c1C(c1ccc2c(c1)OCO2)N1CCC(C(N)=O)CC1. The predicted octanol–water partition coefficient (Wildman–Crippen LogP) is 3.49. The summed E-state index contributed by atoms with van der Waals surface area (Å²) >= 11 is 0. The number of nitrogens with zero attached hydrogens (tertiary/aromatic N) is 1. The average Bonchev–Trinajstić information content (AvgIpc) is 3.32. The van der Waals surface area contributed by atoms with Crippen molar-refractivity contribution in [3.05, 3.63) is 59.3 Å². The zero-order valence-electron chi connectivity index (χ0n) is 16.5. The van der Waals surface area contributed by atoms with Crippen LogP contribution in [0.2, 0.25) is 0 Å². The molecule has 1 unspecified atom stereocenters. The van der Waals surface area contributed by atoms with Crippen LogP contribution in [-0.2, 0) is 4.79 Å². The van der Waals surface area contributed by atoms with Gasteiger partial charge in [0.25, 0.3) is 0 Å². The molecule has 6 nitrogen and oxygen atoms in total. The van der Waals surface area contributed by atoms with E-state index in [0.29, 0.717) is 0 Å². The molecule has 1 saturated heterocycles. The lowest BCUT2D eigenvalue weighted by molar-refractivity contribution is -0.123. The van der Waals surface area contributed by atoms with E-state index in [2.05, 4.69) is 53.2 Å². The average molecular weight is 391 g/mol. The first-order chi connectivity index (χ1) is 14.1. The molecule has 1 atom stereocenters. The molecular weight excluding hydrogens is 366 g/mol. The van der Waals surface area contributed by atoms with Gasteiger partial charge in [-0.3, -0.25) is 9.69 Å². The molecule has 0 saturated carbocycles. The molecule has 0 bridgehead atoms. The molecule has 150 valence electrons. The minimum Gasteiger partial charge on any atom is -0.454 e. The number of aromatic amines is 1. The monoisotopic (exact) mass is 391 g/mol. The maximum atomic E-state index is 11.7. The number of likely N-dealkylation sites (tertiary alicyclic amines) is 1. The molecule has 1 aromatic heterocycles. The van der Waals surface area contributed by atoms with Gasteiger partial charge in [-0.25, -0.2) is 0 Å². The number of nitrogens with two attached hydrogens (primary N) is 1. The van der Waals surface area contributed by atoms with E-state index in [0.717, 1.165) is 48.6 Å². The van der Waals surface area contributed by atoms with Crippen LogP contribution in [0.25, 0.3) is 10.9 Å². The molecule has 5 rings (SSSR count). The first kappa shape index (κ1) is 18.1. The number of nitrogens with one attached hydrogen (secondary N) is 1. The van der Waals surface area contributed by atoms with Crippen LogP contribution in [0.5, 0.6) is 11.5 Å². The summed E-state index contributed by atoms with van der Waals surface area (Å²) in [6.07, 6.45) is 1.58. The van der Waals surface area contributed by atoms with Gasteiger partial charge in [-0.15, -0.1) is 0 Å². The summed E-state index contributed by atoms with van der Waals surface area (Å²) in [6, 6.07) is 14.7. The number of rotatable bonds is 4. The fraction of sp³-hybridized carbons (Fsp3) is 0.348. The number of aromatic nitrogens is 1. The van der Waals surface area contributed by atoms with Gasteiger partial charge in [-0.05, 0) is 56.6 Å². The smallest absolute Gasteiger partial charge is 0.231 e. The van der Waals surface area contributed by atoms with E-state index in [1.54, 1.807) is 0 Å². The largest absolute Gasteiger partial charge is 0.454 e. The van der Waals surface area contributed by atoms with Gasteiger partial charge in [0.15, 0.2) is 11.5 Å². The third-order valence-corrected chi connectivity index (χ3v) is 6.23. The molecular formula is C23H25N3O3. The molecule has 2 aliphatic heterocycles. The van der Waals surface area contributed by atoms with Crippen molar-refractivity contribution in [3.8, 4) is 11.5 Å². The second-order valence-electron chi connectivity index (χ2n) is 7.94. The summed E-state index contributed by atoms with van der Waals surface area (Å²) in [6.45, 7) is 4.04. The van der Waals surface area contributed by atoms with Crippen LogP contribution in [0.15, 0.2) is 42.5 Å². The molecule has 0 aliphatic carbocycles. The summed E-state index contributed by atoms with van der Waals surface area (Å²) in [5, 5.41) is 1.23. The van der Waals surface area contributed by atoms with Crippen molar-refractivity contribution in [3.63, 3.8) is 0 Å². The van der Waals surface area contributed by atoms with Crippen LogP contribution in [0.4, 0.5) is 0 Å². The molecule has 0 radical (unpaired) electrons. The van der Waals surface area contributed by atoms with Crippen molar-refractivity contribution < 1.29 is 14.3 Å². The number of primary amides is 1. The minimum atomic E-state index is -0.187. The Morgan fingerprint density at radius 1 is 1.14 bits per heavy atom. The maximum Gasteiger partial charge on any atom is 0.231 e. The minimum absolute atomic E-state index is 0.0345. The number of carbonyl (C=O) groups is 1. The first-order valence-electron chi connectivity index (χ1n) is 10.1. The van der Waals surface area contributed by atoms with Crippen LogP contribution in [0.1, 0.15) is 35.7 Å². The van der Waals surface area contributed by atoms with Gasteiger partial charge < -0.3 is 20.2 Å². The summed E-state index contributed by atoms with van der Waals surface area (Å²) in [7, 11) is 0. The van der Waals surface area contributed by atoms with Crippen molar-refractivity contribution >= 4 is 16.8 Å². The number of hydrogen-bond acceptors (Lipinski definition) is 4. The quantitative estimate of drug-likeness (QED) is 0.713. The van der Waals surface area contributed by atoms with Crippen LogP contribution < -0.4 is 15.2 Å². The van der Waals surface area contributed by atoms with Crippen LogP contribution in [-0.4, -0.2) is 35.7 Å². The molecule has 3 heterocycles.